The summed E-state index contributed by atoms with van der Waals surface area (Å²) in [6.45, 7) is 3.09. The number of hydrogen-bond donors (Lipinski definition) is 1. The first-order valence-electron chi connectivity index (χ1n) is 5.42. The van der Waals surface area contributed by atoms with Gasteiger partial charge < -0.3 is 10.3 Å². The molecule has 1 heterocycles. The molecule has 0 aliphatic heterocycles. The Morgan fingerprint density at radius 2 is 2.16 bits per heavy atom. The lowest BCUT2D eigenvalue weighted by Gasteiger charge is -2.13. The summed E-state index contributed by atoms with van der Waals surface area (Å²) in [4.78, 5) is 15.3. The van der Waals surface area contributed by atoms with Gasteiger partial charge >= 0.3 is 0 Å². The molecule has 0 atom stereocenters. The summed E-state index contributed by atoms with van der Waals surface area (Å²) in [5, 5.41) is 3.60. The minimum absolute atomic E-state index is 0.0179. The zero-order valence-electron chi connectivity index (χ0n) is 10.3. The topological polar surface area (TPSA) is 82.0 Å². The summed E-state index contributed by atoms with van der Waals surface area (Å²) in [5.41, 5.74) is 4.22. The predicted molar refractivity (Wildman–Crippen MR) is 66.9 cm³/mol. The maximum absolute atomic E-state index is 13.8. The van der Waals surface area contributed by atoms with Gasteiger partial charge in [0.2, 0.25) is 17.6 Å². The summed E-state index contributed by atoms with van der Waals surface area (Å²) >= 11 is 5.68. The quantitative estimate of drug-likeness (QED) is 0.937. The summed E-state index contributed by atoms with van der Waals surface area (Å²) in [6.07, 6.45) is 0. The maximum atomic E-state index is 13.8. The van der Waals surface area contributed by atoms with Crippen LogP contribution in [-0.2, 0) is 10.2 Å². The summed E-state index contributed by atoms with van der Waals surface area (Å²) in [5.74, 6) is -1.22. The number of nitrogens with two attached hydrogens (primary N) is 1. The standard InChI is InChI=1S/C12H11ClFN3O2/c1-12(2,10(15)18)11-16-9(17-19-11)6-4-3-5-7(13)8(6)14/h3-5H,1-2H3,(H2,15,18). The molecule has 2 rings (SSSR count). The zero-order valence-corrected chi connectivity index (χ0v) is 11.0. The monoisotopic (exact) mass is 283 g/mol. The van der Waals surface area contributed by atoms with Crippen molar-refractivity contribution in [1.82, 2.24) is 10.1 Å². The van der Waals surface area contributed by atoms with Crippen molar-refractivity contribution in [2.24, 2.45) is 5.73 Å². The van der Waals surface area contributed by atoms with Gasteiger partial charge in [-0.25, -0.2) is 4.39 Å². The Morgan fingerprint density at radius 1 is 1.47 bits per heavy atom. The molecular formula is C12H11ClFN3O2. The number of primary amides is 1. The van der Waals surface area contributed by atoms with E-state index in [1.807, 2.05) is 0 Å². The number of nitrogens with zero attached hydrogens (tertiary/aromatic N) is 2. The third-order valence-electron chi connectivity index (χ3n) is 2.77. The largest absolute Gasteiger partial charge is 0.369 e. The van der Waals surface area contributed by atoms with Crippen molar-refractivity contribution in [3.05, 3.63) is 34.9 Å². The molecule has 0 fully saturated rings. The molecule has 0 saturated heterocycles. The lowest BCUT2D eigenvalue weighted by molar-refractivity contribution is -0.123. The van der Waals surface area contributed by atoms with E-state index in [0.717, 1.165) is 0 Å². The van der Waals surface area contributed by atoms with Crippen molar-refractivity contribution in [2.75, 3.05) is 0 Å². The van der Waals surface area contributed by atoms with Gasteiger partial charge in [-0.2, -0.15) is 4.98 Å². The van der Waals surface area contributed by atoms with Crippen molar-refractivity contribution in [3.63, 3.8) is 0 Å². The lowest BCUT2D eigenvalue weighted by Crippen LogP contribution is -2.35. The maximum Gasteiger partial charge on any atom is 0.242 e. The average molecular weight is 284 g/mol. The molecule has 2 N–H and O–H groups in total. The first-order chi connectivity index (χ1) is 8.84. The first kappa shape index (κ1) is 13.5. The molecule has 1 aromatic carbocycles. The third-order valence-corrected chi connectivity index (χ3v) is 3.06. The Hall–Kier alpha value is -1.95. The minimum Gasteiger partial charge on any atom is -0.369 e. The Labute approximate surface area is 113 Å². The molecule has 7 heteroatoms. The van der Waals surface area contributed by atoms with E-state index in [0.29, 0.717) is 0 Å². The second-order valence-corrected chi connectivity index (χ2v) is 4.92. The summed E-state index contributed by atoms with van der Waals surface area (Å²) in [7, 11) is 0. The number of halogens is 2. The van der Waals surface area contributed by atoms with Gasteiger partial charge in [-0.3, -0.25) is 4.79 Å². The van der Waals surface area contributed by atoms with Gasteiger partial charge in [0.05, 0.1) is 10.6 Å². The van der Waals surface area contributed by atoms with E-state index >= 15 is 0 Å². The highest BCUT2D eigenvalue weighted by Crippen LogP contribution is 2.28. The van der Waals surface area contributed by atoms with Crippen LogP contribution in [0.1, 0.15) is 19.7 Å². The highest BCUT2D eigenvalue weighted by molar-refractivity contribution is 6.31. The molecule has 5 nitrogen and oxygen atoms in total. The van der Waals surface area contributed by atoms with Gasteiger partial charge in [0.15, 0.2) is 5.82 Å². The van der Waals surface area contributed by atoms with Crippen LogP contribution >= 0.6 is 11.6 Å². The molecule has 1 aromatic heterocycles. The molecule has 19 heavy (non-hydrogen) atoms. The van der Waals surface area contributed by atoms with E-state index in [-0.39, 0.29) is 22.3 Å². The molecule has 0 saturated carbocycles. The van der Waals surface area contributed by atoms with Crippen LogP contribution in [0.2, 0.25) is 5.02 Å². The highest BCUT2D eigenvalue weighted by Gasteiger charge is 2.34. The molecule has 0 aliphatic carbocycles. The molecule has 2 aromatic rings. The van der Waals surface area contributed by atoms with Gasteiger partial charge in [-0.05, 0) is 26.0 Å². The molecule has 0 spiro atoms. The van der Waals surface area contributed by atoms with Gasteiger partial charge in [0.1, 0.15) is 5.41 Å². The van der Waals surface area contributed by atoms with E-state index < -0.39 is 17.1 Å². The van der Waals surface area contributed by atoms with E-state index in [1.54, 1.807) is 19.9 Å². The molecule has 0 unspecified atom stereocenters. The Kier molecular flexibility index (Phi) is 3.28. The van der Waals surface area contributed by atoms with Crippen LogP contribution in [0.15, 0.2) is 22.7 Å². The number of aromatic nitrogens is 2. The SMILES string of the molecule is CC(C)(C(N)=O)c1nc(-c2cccc(Cl)c2F)no1. The molecule has 0 aliphatic rings. The van der Waals surface area contributed by atoms with Crippen LogP contribution in [0.3, 0.4) is 0 Å². The average Bonchev–Trinajstić information content (AvgIpc) is 2.82. The van der Waals surface area contributed by atoms with Crippen molar-refractivity contribution in [1.29, 1.82) is 0 Å². The van der Waals surface area contributed by atoms with Crippen LogP contribution in [0.25, 0.3) is 11.4 Å². The number of amides is 1. The van der Waals surface area contributed by atoms with Crippen LogP contribution < -0.4 is 5.73 Å². The van der Waals surface area contributed by atoms with E-state index in [1.165, 1.54) is 12.1 Å². The molecule has 0 bridgehead atoms. The predicted octanol–water partition coefficient (Wildman–Crippen LogP) is 2.29. The zero-order chi connectivity index (χ0) is 14.2. The van der Waals surface area contributed by atoms with Gasteiger partial charge in [-0.15, -0.1) is 0 Å². The normalized spacial score (nSPS) is 11.6. The molecular weight excluding hydrogens is 273 g/mol. The van der Waals surface area contributed by atoms with Crippen LogP contribution in [-0.4, -0.2) is 16.0 Å². The highest BCUT2D eigenvalue weighted by atomic mass is 35.5. The Morgan fingerprint density at radius 3 is 2.79 bits per heavy atom. The summed E-state index contributed by atoms with van der Waals surface area (Å²) < 4.78 is 18.8. The number of benzene rings is 1. The summed E-state index contributed by atoms with van der Waals surface area (Å²) in [6, 6.07) is 4.44. The van der Waals surface area contributed by atoms with Gasteiger partial charge in [0.25, 0.3) is 0 Å². The van der Waals surface area contributed by atoms with Crippen molar-refractivity contribution < 1.29 is 13.7 Å². The smallest absolute Gasteiger partial charge is 0.242 e. The van der Waals surface area contributed by atoms with Gasteiger partial charge in [0, 0.05) is 0 Å². The molecule has 100 valence electrons. The number of hydrogen-bond acceptors (Lipinski definition) is 4. The van der Waals surface area contributed by atoms with E-state index in [2.05, 4.69) is 10.1 Å². The van der Waals surface area contributed by atoms with Crippen LogP contribution in [0.4, 0.5) is 4.39 Å². The lowest BCUT2D eigenvalue weighted by atomic mass is 9.93. The fourth-order valence-corrected chi connectivity index (χ4v) is 1.54. The van der Waals surface area contributed by atoms with Crippen molar-refractivity contribution in [2.45, 2.75) is 19.3 Å². The Bertz CT molecular complexity index is 640. The van der Waals surface area contributed by atoms with E-state index in [9.17, 15) is 9.18 Å². The number of carbonyl (C=O) groups excluding carboxylic acids is 1. The van der Waals surface area contributed by atoms with Crippen LogP contribution in [0.5, 0.6) is 0 Å². The van der Waals surface area contributed by atoms with Crippen molar-refractivity contribution in [3.8, 4) is 11.4 Å². The Balaban J connectivity index is 2.47. The molecule has 0 radical (unpaired) electrons. The number of rotatable bonds is 3. The second-order valence-electron chi connectivity index (χ2n) is 4.51. The van der Waals surface area contributed by atoms with Crippen molar-refractivity contribution >= 4 is 17.5 Å². The first-order valence-corrected chi connectivity index (χ1v) is 5.80. The number of carbonyl (C=O) groups is 1. The minimum atomic E-state index is -1.12. The fraction of sp³-hybridized carbons (Fsp3) is 0.250. The molecule has 1 amide bonds. The fourth-order valence-electron chi connectivity index (χ4n) is 1.37. The van der Waals surface area contributed by atoms with E-state index in [4.69, 9.17) is 21.9 Å². The van der Waals surface area contributed by atoms with Crippen LogP contribution in [0, 0.1) is 5.82 Å². The third kappa shape index (κ3) is 2.31. The van der Waals surface area contributed by atoms with Gasteiger partial charge in [-0.1, -0.05) is 22.8 Å². The second kappa shape index (κ2) is 4.62.